The van der Waals surface area contributed by atoms with Crippen molar-refractivity contribution in [3.05, 3.63) is 35.4 Å². The molecule has 17 heavy (non-hydrogen) atoms. The summed E-state index contributed by atoms with van der Waals surface area (Å²) in [6.07, 6.45) is 2.11. The van der Waals surface area contributed by atoms with E-state index in [4.69, 9.17) is 5.73 Å². The number of amides is 1. The van der Waals surface area contributed by atoms with Crippen molar-refractivity contribution in [3.63, 3.8) is 0 Å². The largest absolute Gasteiger partial charge is 0.334 e. The van der Waals surface area contributed by atoms with Gasteiger partial charge in [0.1, 0.15) is 0 Å². The van der Waals surface area contributed by atoms with Gasteiger partial charge >= 0.3 is 0 Å². The average molecular weight is 232 g/mol. The van der Waals surface area contributed by atoms with E-state index in [2.05, 4.69) is 31.2 Å². The average Bonchev–Trinajstić information content (AvgIpc) is 2.76. The van der Waals surface area contributed by atoms with Crippen LogP contribution in [0.3, 0.4) is 0 Å². The lowest BCUT2D eigenvalue weighted by Crippen LogP contribution is -2.41. The highest BCUT2D eigenvalue weighted by Gasteiger charge is 2.31. The third kappa shape index (κ3) is 2.50. The number of hydrogen-bond donors (Lipinski definition) is 1. The van der Waals surface area contributed by atoms with E-state index in [0.29, 0.717) is 0 Å². The Hall–Kier alpha value is -1.35. The van der Waals surface area contributed by atoms with Gasteiger partial charge < -0.3 is 10.6 Å². The summed E-state index contributed by atoms with van der Waals surface area (Å²) in [7, 11) is 0. The Bertz CT molecular complexity index is 414. The molecule has 1 unspecified atom stereocenters. The van der Waals surface area contributed by atoms with Crippen molar-refractivity contribution in [2.45, 2.75) is 38.8 Å². The van der Waals surface area contributed by atoms with Gasteiger partial charge in [-0.15, -0.1) is 0 Å². The van der Waals surface area contributed by atoms with Gasteiger partial charge in [-0.3, -0.25) is 4.79 Å². The SMILES string of the molecule is Cc1cccc(C2CCCN2C(=O)[C@H](C)N)c1. The molecule has 0 saturated carbocycles. The van der Waals surface area contributed by atoms with Gasteiger partial charge in [0.05, 0.1) is 12.1 Å². The lowest BCUT2D eigenvalue weighted by atomic mass is 10.0. The van der Waals surface area contributed by atoms with Gasteiger partial charge in [0.2, 0.25) is 5.91 Å². The van der Waals surface area contributed by atoms with Crippen molar-refractivity contribution in [1.29, 1.82) is 0 Å². The highest BCUT2D eigenvalue weighted by atomic mass is 16.2. The molecular weight excluding hydrogens is 212 g/mol. The summed E-state index contributed by atoms with van der Waals surface area (Å²) in [6, 6.07) is 8.21. The Balaban J connectivity index is 2.23. The van der Waals surface area contributed by atoms with Gasteiger partial charge in [0.15, 0.2) is 0 Å². The fourth-order valence-corrected chi connectivity index (χ4v) is 2.52. The molecular formula is C14H20N2O. The number of hydrogen-bond acceptors (Lipinski definition) is 2. The molecule has 1 aromatic rings. The van der Waals surface area contributed by atoms with Crippen molar-refractivity contribution < 1.29 is 4.79 Å². The molecule has 0 spiro atoms. The first-order valence-corrected chi connectivity index (χ1v) is 6.22. The zero-order valence-corrected chi connectivity index (χ0v) is 10.5. The second-order valence-electron chi connectivity index (χ2n) is 4.89. The van der Waals surface area contributed by atoms with E-state index in [-0.39, 0.29) is 11.9 Å². The third-order valence-electron chi connectivity index (χ3n) is 3.35. The number of carbonyl (C=O) groups is 1. The summed E-state index contributed by atoms with van der Waals surface area (Å²) in [6.45, 7) is 4.67. The van der Waals surface area contributed by atoms with Crippen LogP contribution in [0.4, 0.5) is 0 Å². The predicted molar refractivity (Wildman–Crippen MR) is 68.5 cm³/mol. The first-order valence-electron chi connectivity index (χ1n) is 6.22. The first-order chi connectivity index (χ1) is 8.09. The molecule has 0 bridgehead atoms. The van der Waals surface area contributed by atoms with Crippen LogP contribution in [0.25, 0.3) is 0 Å². The number of nitrogens with zero attached hydrogens (tertiary/aromatic N) is 1. The molecule has 1 amide bonds. The highest BCUT2D eigenvalue weighted by molar-refractivity contribution is 5.81. The minimum atomic E-state index is -0.402. The molecule has 2 atom stereocenters. The van der Waals surface area contributed by atoms with Gasteiger partial charge in [-0.25, -0.2) is 0 Å². The van der Waals surface area contributed by atoms with Crippen LogP contribution in [0.2, 0.25) is 0 Å². The van der Waals surface area contributed by atoms with Crippen LogP contribution in [0.5, 0.6) is 0 Å². The van der Waals surface area contributed by atoms with E-state index in [1.54, 1.807) is 6.92 Å². The number of carbonyl (C=O) groups excluding carboxylic acids is 1. The van der Waals surface area contributed by atoms with E-state index in [9.17, 15) is 4.79 Å². The molecule has 2 rings (SSSR count). The summed E-state index contributed by atoms with van der Waals surface area (Å²) < 4.78 is 0. The van der Waals surface area contributed by atoms with Gasteiger partial charge in [0, 0.05) is 6.54 Å². The van der Waals surface area contributed by atoms with Crippen LogP contribution in [-0.4, -0.2) is 23.4 Å². The maximum absolute atomic E-state index is 12.0. The molecule has 1 heterocycles. The van der Waals surface area contributed by atoms with Crippen molar-refractivity contribution in [2.24, 2.45) is 5.73 Å². The van der Waals surface area contributed by atoms with Crippen LogP contribution < -0.4 is 5.73 Å². The number of rotatable bonds is 2. The fourth-order valence-electron chi connectivity index (χ4n) is 2.52. The summed E-state index contributed by atoms with van der Waals surface area (Å²) >= 11 is 0. The fraction of sp³-hybridized carbons (Fsp3) is 0.500. The molecule has 3 nitrogen and oxygen atoms in total. The normalized spacial score (nSPS) is 21.6. The molecule has 0 aliphatic carbocycles. The standard InChI is InChI=1S/C14H20N2O/c1-10-5-3-6-12(9-10)13-7-4-8-16(13)14(17)11(2)15/h3,5-6,9,11,13H,4,7-8,15H2,1-2H3/t11-,13?/m0/s1. The molecule has 1 aliphatic rings. The highest BCUT2D eigenvalue weighted by Crippen LogP contribution is 2.32. The van der Waals surface area contributed by atoms with Crippen molar-refractivity contribution in [3.8, 4) is 0 Å². The minimum absolute atomic E-state index is 0.0639. The molecule has 1 aromatic carbocycles. The third-order valence-corrected chi connectivity index (χ3v) is 3.35. The van der Waals surface area contributed by atoms with Crippen LogP contribution in [0, 0.1) is 6.92 Å². The van der Waals surface area contributed by atoms with Crippen molar-refractivity contribution in [1.82, 2.24) is 4.90 Å². The Labute approximate surface area is 103 Å². The summed E-state index contributed by atoms with van der Waals surface area (Å²) in [4.78, 5) is 13.9. The second-order valence-corrected chi connectivity index (χ2v) is 4.89. The zero-order valence-electron chi connectivity index (χ0n) is 10.5. The lowest BCUT2D eigenvalue weighted by Gasteiger charge is -2.26. The smallest absolute Gasteiger partial charge is 0.239 e. The topological polar surface area (TPSA) is 46.3 Å². The predicted octanol–water partition coefficient (Wildman–Crippen LogP) is 2.01. The van der Waals surface area contributed by atoms with E-state index < -0.39 is 6.04 Å². The molecule has 2 N–H and O–H groups in total. The van der Waals surface area contributed by atoms with Crippen molar-refractivity contribution >= 4 is 5.91 Å². The number of aryl methyl sites for hydroxylation is 1. The Kier molecular flexibility index (Phi) is 3.48. The van der Waals surface area contributed by atoms with Crippen LogP contribution in [0.1, 0.15) is 36.9 Å². The molecule has 1 saturated heterocycles. The number of likely N-dealkylation sites (tertiary alicyclic amines) is 1. The van der Waals surface area contributed by atoms with E-state index in [1.165, 1.54) is 11.1 Å². The number of benzene rings is 1. The molecule has 0 aromatic heterocycles. The molecule has 1 aliphatic heterocycles. The Morgan fingerprint density at radius 3 is 2.94 bits per heavy atom. The van der Waals surface area contributed by atoms with Gasteiger partial charge in [-0.1, -0.05) is 29.8 Å². The number of nitrogens with two attached hydrogens (primary N) is 1. The Morgan fingerprint density at radius 2 is 2.29 bits per heavy atom. The maximum atomic E-state index is 12.0. The van der Waals surface area contributed by atoms with Gasteiger partial charge in [-0.2, -0.15) is 0 Å². The van der Waals surface area contributed by atoms with Crippen LogP contribution >= 0.6 is 0 Å². The van der Waals surface area contributed by atoms with Crippen LogP contribution in [0.15, 0.2) is 24.3 Å². The monoisotopic (exact) mass is 232 g/mol. The maximum Gasteiger partial charge on any atom is 0.239 e. The van der Waals surface area contributed by atoms with Gasteiger partial charge in [-0.05, 0) is 32.3 Å². The lowest BCUT2D eigenvalue weighted by molar-refractivity contribution is -0.133. The zero-order chi connectivity index (χ0) is 12.4. The minimum Gasteiger partial charge on any atom is -0.334 e. The van der Waals surface area contributed by atoms with E-state index >= 15 is 0 Å². The summed E-state index contributed by atoms with van der Waals surface area (Å²) in [5.74, 6) is 0.0639. The Morgan fingerprint density at radius 1 is 1.53 bits per heavy atom. The molecule has 0 radical (unpaired) electrons. The van der Waals surface area contributed by atoms with Crippen LogP contribution in [-0.2, 0) is 4.79 Å². The molecule has 1 fully saturated rings. The molecule has 92 valence electrons. The first kappa shape index (κ1) is 12.1. The van der Waals surface area contributed by atoms with E-state index in [1.807, 2.05) is 4.90 Å². The summed E-state index contributed by atoms with van der Waals surface area (Å²) in [5.41, 5.74) is 8.17. The van der Waals surface area contributed by atoms with E-state index in [0.717, 1.165) is 19.4 Å². The summed E-state index contributed by atoms with van der Waals surface area (Å²) in [5, 5.41) is 0. The second kappa shape index (κ2) is 4.88. The quantitative estimate of drug-likeness (QED) is 0.847. The molecule has 3 heteroatoms. The van der Waals surface area contributed by atoms with Gasteiger partial charge in [0.25, 0.3) is 0 Å². The van der Waals surface area contributed by atoms with Crippen molar-refractivity contribution in [2.75, 3.05) is 6.54 Å².